The van der Waals surface area contributed by atoms with Gasteiger partial charge in [-0.2, -0.15) is 0 Å². The van der Waals surface area contributed by atoms with E-state index in [1.807, 2.05) is 0 Å². The molecule has 3 heterocycles. The maximum absolute atomic E-state index is 12.8. The summed E-state index contributed by atoms with van der Waals surface area (Å²) in [7, 11) is 0. The van der Waals surface area contributed by atoms with Gasteiger partial charge in [-0.15, -0.1) is 13.2 Å². The second kappa shape index (κ2) is 7.60. The number of fused-ring (bicyclic) bond motifs is 1. The van der Waals surface area contributed by atoms with Gasteiger partial charge in [-0.3, -0.25) is 9.59 Å². The lowest BCUT2D eigenvalue weighted by Gasteiger charge is -2.24. The van der Waals surface area contributed by atoms with Gasteiger partial charge in [0.1, 0.15) is 11.8 Å². The number of aromatic nitrogens is 2. The number of benzene rings is 1. The summed E-state index contributed by atoms with van der Waals surface area (Å²) >= 11 is 1.23. The van der Waals surface area contributed by atoms with Crippen LogP contribution in [0.5, 0.6) is 5.75 Å². The van der Waals surface area contributed by atoms with Crippen molar-refractivity contribution >= 4 is 28.2 Å². The number of aryl methyl sites for hydroxylation is 1. The van der Waals surface area contributed by atoms with Crippen LogP contribution in [0.1, 0.15) is 35.1 Å². The molecule has 1 N–H and O–H groups in total. The van der Waals surface area contributed by atoms with E-state index in [2.05, 4.69) is 15.0 Å². The number of nitrogens with zero attached hydrogens (tertiary/aromatic N) is 2. The molecule has 0 saturated heterocycles. The Kier molecular flexibility index (Phi) is 5.10. The fourth-order valence-corrected chi connectivity index (χ4v) is 4.38. The summed E-state index contributed by atoms with van der Waals surface area (Å²) in [5.41, 5.74) is 1.81. The number of ether oxygens (including phenoxy) is 1. The number of anilines is 1. The molecule has 6 nitrogen and oxygen atoms in total. The molecule has 4 rings (SSSR count). The number of rotatable bonds is 4. The first kappa shape index (κ1) is 20.1. The van der Waals surface area contributed by atoms with Crippen LogP contribution >= 0.6 is 11.3 Å². The van der Waals surface area contributed by atoms with E-state index >= 15 is 0 Å². The third-order valence-corrected chi connectivity index (χ3v) is 5.85. The van der Waals surface area contributed by atoms with Crippen molar-refractivity contribution in [1.82, 2.24) is 9.55 Å². The molecular weight excluding hydrogens is 419 g/mol. The number of ketones is 1. The van der Waals surface area contributed by atoms with Crippen molar-refractivity contribution in [3.05, 3.63) is 54.0 Å². The number of hydrogen-bond donors (Lipinski definition) is 1. The topological polar surface area (TPSA) is 73.2 Å². The standard InChI is InChI=1S/C20H16F3N3O3S/c1-11-17(12-4-6-13(7-5-12)29-20(21,22)23)30-19(24-11)25-18(28)15-8-9-16(27)14-3-2-10-26(14)15/h2-7,10,15H,8-9H2,1H3,(H,24,25,28). The molecule has 1 aliphatic heterocycles. The average molecular weight is 435 g/mol. The number of carbonyl (C=O) groups excluding carboxylic acids is 2. The highest BCUT2D eigenvalue weighted by atomic mass is 32.1. The van der Waals surface area contributed by atoms with Crippen molar-refractivity contribution in [1.29, 1.82) is 0 Å². The van der Waals surface area contributed by atoms with Gasteiger partial charge in [0.05, 0.1) is 16.3 Å². The number of Topliss-reactive ketones (excluding diaryl/α,β-unsaturated/α-hetero) is 1. The summed E-state index contributed by atoms with van der Waals surface area (Å²) in [5.74, 6) is -0.570. The summed E-state index contributed by atoms with van der Waals surface area (Å²) < 4.78 is 42.5. The molecule has 1 aliphatic rings. The van der Waals surface area contributed by atoms with Crippen LogP contribution in [0.3, 0.4) is 0 Å². The Bertz CT molecular complexity index is 1100. The van der Waals surface area contributed by atoms with Crippen LogP contribution in [0, 0.1) is 6.92 Å². The Balaban J connectivity index is 1.50. The summed E-state index contributed by atoms with van der Waals surface area (Å²) in [6.07, 6.45) is -2.33. The predicted octanol–water partition coefficient (Wildman–Crippen LogP) is 4.97. The Hall–Kier alpha value is -3.14. The molecule has 0 spiro atoms. The largest absolute Gasteiger partial charge is 0.573 e. The highest BCUT2D eigenvalue weighted by Crippen LogP contribution is 2.35. The lowest BCUT2D eigenvalue weighted by atomic mass is 10.0. The zero-order valence-corrected chi connectivity index (χ0v) is 16.5. The van der Waals surface area contributed by atoms with Gasteiger partial charge >= 0.3 is 6.36 Å². The molecule has 10 heteroatoms. The van der Waals surface area contributed by atoms with E-state index < -0.39 is 12.4 Å². The van der Waals surface area contributed by atoms with Crippen molar-refractivity contribution in [2.45, 2.75) is 32.2 Å². The molecule has 0 fully saturated rings. The monoisotopic (exact) mass is 435 g/mol. The molecule has 1 amide bonds. The van der Waals surface area contributed by atoms with E-state index in [1.165, 1.54) is 35.6 Å². The van der Waals surface area contributed by atoms with Gasteiger partial charge in [0, 0.05) is 12.6 Å². The minimum Gasteiger partial charge on any atom is -0.406 e. The van der Waals surface area contributed by atoms with Crippen molar-refractivity contribution < 1.29 is 27.5 Å². The SMILES string of the molecule is Cc1nc(NC(=O)C2CCC(=O)c3cccn32)sc1-c1ccc(OC(F)(F)F)cc1. The van der Waals surface area contributed by atoms with E-state index in [-0.39, 0.29) is 17.4 Å². The van der Waals surface area contributed by atoms with Gasteiger partial charge in [-0.05, 0) is 55.3 Å². The first-order chi connectivity index (χ1) is 14.2. The van der Waals surface area contributed by atoms with E-state index in [9.17, 15) is 22.8 Å². The van der Waals surface area contributed by atoms with Crippen LogP contribution in [-0.4, -0.2) is 27.6 Å². The van der Waals surface area contributed by atoms with Gasteiger partial charge in [-0.25, -0.2) is 4.98 Å². The summed E-state index contributed by atoms with van der Waals surface area (Å²) in [4.78, 5) is 29.8. The van der Waals surface area contributed by atoms with Crippen LogP contribution in [-0.2, 0) is 4.79 Å². The zero-order valence-electron chi connectivity index (χ0n) is 15.7. The van der Waals surface area contributed by atoms with Gasteiger partial charge in [0.2, 0.25) is 5.91 Å². The van der Waals surface area contributed by atoms with Gasteiger partial charge in [0.15, 0.2) is 10.9 Å². The number of hydrogen-bond acceptors (Lipinski definition) is 5. The van der Waals surface area contributed by atoms with Gasteiger partial charge < -0.3 is 14.6 Å². The van der Waals surface area contributed by atoms with Crippen molar-refractivity contribution in [2.75, 3.05) is 5.32 Å². The van der Waals surface area contributed by atoms with E-state index in [0.29, 0.717) is 34.9 Å². The molecule has 1 atom stereocenters. The molecule has 0 radical (unpaired) electrons. The Morgan fingerprint density at radius 3 is 2.70 bits per heavy atom. The third-order valence-electron chi connectivity index (χ3n) is 4.72. The van der Waals surface area contributed by atoms with Crippen LogP contribution in [0.25, 0.3) is 10.4 Å². The highest BCUT2D eigenvalue weighted by molar-refractivity contribution is 7.19. The normalized spacial score (nSPS) is 16.3. The van der Waals surface area contributed by atoms with Gasteiger partial charge in [0.25, 0.3) is 0 Å². The number of nitrogens with one attached hydrogen (secondary N) is 1. The molecule has 2 aromatic heterocycles. The van der Waals surface area contributed by atoms with Gasteiger partial charge in [-0.1, -0.05) is 11.3 Å². The Labute approximate surface area is 173 Å². The van der Waals surface area contributed by atoms with Crippen molar-refractivity contribution in [3.63, 3.8) is 0 Å². The first-order valence-electron chi connectivity index (χ1n) is 9.06. The number of alkyl halides is 3. The maximum atomic E-state index is 12.8. The smallest absolute Gasteiger partial charge is 0.406 e. The molecule has 1 unspecified atom stereocenters. The highest BCUT2D eigenvalue weighted by Gasteiger charge is 2.31. The molecule has 0 saturated carbocycles. The molecule has 3 aromatic rings. The number of thiazole rings is 1. The molecule has 156 valence electrons. The van der Waals surface area contributed by atoms with Crippen molar-refractivity contribution in [3.8, 4) is 16.2 Å². The number of amides is 1. The minimum absolute atomic E-state index is 0.00868. The minimum atomic E-state index is -4.75. The Morgan fingerprint density at radius 1 is 1.27 bits per heavy atom. The summed E-state index contributed by atoms with van der Waals surface area (Å²) in [5, 5.41) is 3.18. The fourth-order valence-electron chi connectivity index (χ4n) is 3.41. The van der Waals surface area contributed by atoms with E-state index in [0.717, 1.165) is 4.88 Å². The summed E-state index contributed by atoms with van der Waals surface area (Å²) in [6.45, 7) is 1.75. The molecule has 0 aliphatic carbocycles. The number of halogens is 3. The molecular formula is C20H16F3N3O3S. The molecule has 30 heavy (non-hydrogen) atoms. The fraction of sp³-hybridized carbons (Fsp3) is 0.250. The molecule has 1 aromatic carbocycles. The maximum Gasteiger partial charge on any atom is 0.573 e. The number of carbonyl (C=O) groups is 2. The van der Waals surface area contributed by atoms with E-state index in [1.54, 1.807) is 29.8 Å². The average Bonchev–Trinajstić information content (AvgIpc) is 3.29. The Morgan fingerprint density at radius 2 is 2.00 bits per heavy atom. The second-order valence-corrected chi connectivity index (χ2v) is 7.77. The first-order valence-corrected chi connectivity index (χ1v) is 9.87. The van der Waals surface area contributed by atoms with Crippen LogP contribution < -0.4 is 10.1 Å². The van der Waals surface area contributed by atoms with Crippen LogP contribution in [0.15, 0.2) is 42.6 Å². The quantitative estimate of drug-likeness (QED) is 0.628. The van der Waals surface area contributed by atoms with Crippen molar-refractivity contribution in [2.24, 2.45) is 0 Å². The van der Waals surface area contributed by atoms with Crippen LogP contribution in [0.4, 0.5) is 18.3 Å². The third kappa shape index (κ3) is 4.09. The zero-order chi connectivity index (χ0) is 21.5. The summed E-state index contributed by atoms with van der Waals surface area (Å²) in [6, 6.07) is 8.40. The predicted molar refractivity (Wildman–Crippen MR) is 105 cm³/mol. The van der Waals surface area contributed by atoms with Crippen LogP contribution in [0.2, 0.25) is 0 Å². The lowest BCUT2D eigenvalue weighted by molar-refractivity contribution is -0.274. The van der Waals surface area contributed by atoms with E-state index in [4.69, 9.17) is 0 Å². The molecule has 0 bridgehead atoms. The lowest BCUT2D eigenvalue weighted by Crippen LogP contribution is -2.31. The second-order valence-electron chi connectivity index (χ2n) is 6.77.